The summed E-state index contributed by atoms with van der Waals surface area (Å²) in [7, 11) is 0.955. The Bertz CT molecular complexity index is 601. The number of alkyl halides is 3. The highest BCUT2D eigenvalue weighted by Gasteiger charge is 2.62. The van der Waals surface area contributed by atoms with Crippen molar-refractivity contribution in [3.8, 4) is 5.75 Å². The molecule has 1 heterocycles. The number of carbonyl (C=O) groups excluding carboxylic acids is 1. The molecular weight excluding hydrogens is 295 g/mol. The van der Waals surface area contributed by atoms with Gasteiger partial charge in [-0.3, -0.25) is 4.79 Å². The van der Waals surface area contributed by atoms with Gasteiger partial charge >= 0.3 is 18.1 Å². The summed E-state index contributed by atoms with van der Waals surface area (Å²) in [5.74, 6) is -2.61. The van der Waals surface area contributed by atoms with Gasteiger partial charge < -0.3 is 19.9 Å². The van der Waals surface area contributed by atoms with Crippen molar-refractivity contribution >= 4 is 17.6 Å². The van der Waals surface area contributed by atoms with Gasteiger partial charge in [0.2, 0.25) is 0 Å². The van der Waals surface area contributed by atoms with Crippen LogP contribution in [0.3, 0.4) is 0 Å². The number of aromatic carboxylic acids is 1. The third-order valence-corrected chi connectivity index (χ3v) is 2.93. The molecule has 21 heavy (non-hydrogen) atoms. The predicted octanol–water partition coefficient (Wildman–Crippen LogP) is 2.01. The van der Waals surface area contributed by atoms with Crippen molar-refractivity contribution in [2.75, 3.05) is 12.4 Å². The number of halogens is 3. The van der Waals surface area contributed by atoms with Crippen LogP contribution in [-0.2, 0) is 9.53 Å². The molecule has 0 bridgehead atoms. The van der Waals surface area contributed by atoms with Gasteiger partial charge in [-0.15, -0.1) is 0 Å². The lowest BCUT2D eigenvalue weighted by Gasteiger charge is -2.30. The van der Waals surface area contributed by atoms with E-state index in [0.29, 0.717) is 0 Å². The van der Waals surface area contributed by atoms with Crippen LogP contribution >= 0.6 is 0 Å². The monoisotopic (exact) mass is 305 g/mol. The number of methoxy groups -OCH3 is 1. The van der Waals surface area contributed by atoms with E-state index in [1.54, 1.807) is 0 Å². The van der Waals surface area contributed by atoms with Crippen molar-refractivity contribution in [3.05, 3.63) is 23.8 Å². The number of carboxylic acids is 1. The Morgan fingerprint density at radius 3 is 2.62 bits per heavy atom. The van der Waals surface area contributed by atoms with Crippen LogP contribution in [0, 0.1) is 0 Å². The van der Waals surface area contributed by atoms with Crippen LogP contribution in [0.15, 0.2) is 18.2 Å². The predicted molar refractivity (Wildman–Crippen MR) is 63.1 cm³/mol. The zero-order valence-corrected chi connectivity index (χ0v) is 10.7. The minimum atomic E-state index is -4.91. The quantitative estimate of drug-likeness (QED) is 0.831. The van der Waals surface area contributed by atoms with Crippen molar-refractivity contribution in [2.24, 2.45) is 0 Å². The van der Waals surface area contributed by atoms with Crippen LogP contribution in [0.25, 0.3) is 0 Å². The summed E-state index contributed by atoms with van der Waals surface area (Å²) in [4.78, 5) is 22.0. The molecule has 2 rings (SSSR count). The van der Waals surface area contributed by atoms with Gasteiger partial charge in [0.1, 0.15) is 12.2 Å². The standard InChI is InChI=1S/C12H10F3NO5/c1-20-9(17)5-11(12(13,14)15)16-7-4-6(10(18)19)2-3-8(7)21-11/h2-4,16H,5H2,1H3,(H,18,19). The molecule has 114 valence electrons. The van der Waals surface area contributed by atoms with Crippen LogP contribution in [-0.4, -0.2) is 36.1 Å². The van der Waals surface area contributed by atoms with Gasteiger partial charge in [0.05, 0.1) is 18.4 Å². The van der Waals surface area contributed by atoms with Crippen molar-refractivity contribution in [2.45, 2.75) is 18.3 Å². The largest absolute Gasteiger partial charge is 0.478 e. The maximum Gasteiger partial charge on any atom is 0.449 e. The lowest BCUT2D eigenvalue weighted by atomic mass is 10.1. The Labute approximate surface area is 116 Å². The second kappa shape index (κ2) is 4.83. The summed E-state index contributed by atoms with van der Waals surface area (Å²) in [5.41, 5.74) is -3.34. The number of benzene rings is 1. The highest BCUT2D eigenvalue weighted by Crippen LogP contribution is 2.46. The van der Waals surface area contributed by atoms with Gasteiger partial charge in [-0.2, -0.15) is 13.2 Å². The Balaban J connectivity index is 2.39. The van der Waals surface area contributed by atoms with E-state index in [9.17, 15) is 22.8 Å². The molecule has 0 radical (unpaired) electrons. The minimum Gasteiger partial charge on any atom is -0.478 e. The van der Waals surface area contributed by atoms with Crippen LogP contribution in [0.1, 0.15) is 16.8 Å². The van der Waals surface area contributed by atoms with Crippen molar-refractivity contribution in [3.63, 3.8) is 0 Å². The third kappa shape index (κ3) is 2.58. The van der Waals surface area contributed by atoms with E-state index in [4.69, 9.17) is 9.84 Å². The van der Waals surface area contributed by atoms with Crippen LogP contribution in [0.4, 0.5) is 18.9 Å². The number of esters is 1. The average molecular weight is 305 g/mol. The number of fused-ring (bicyclic) bond motifs is 1. The van der Waals surface area contributed by atoms with Crippen molar-refractivity contribution < 1.29 is 37.3 Å². The molecule has 0 spiro atoms. The maximum atomic E-state index is 13.2. The van der Waals surface area contributed by atoms with Gasteiger partial charge in [0, 0.05) is 0 Å². The second-order valence-corrected chi connectivity index (χ2v) is 4.32. The van der Waals surface area contributed by atoms with Gasteiger partial charge in [-0.05, 0) is 18.2 Å². The number of rotatable bonds is 3. The molecule has 1 atom stereocenters. The molecule has 0 aliphatic carbocycles. The summed E-state index contributed by atoms with van der Waals surface area (Å²) < 4.78 is 48.8. The Morgan fingerprint density at radius 2 is 2.10 bits per heavy atom. The number of hydrogen-bond acceptors (Lipinski definition) is 5. The van der Waals surface area contributed by atoms with E-state index >= 15 is 0 Å². The Kier molecular flexibility index (Phi) is 3.44. The smallest absolute Gasteiger partial charge is 0.449 e. The fourth-order valence-corrected chi connectivity index (χ4v) is 1.87. The Hall–Kier alpha value is -2.45. The number of hydrogen-bond donors (Lipinski definition) is 2. The van der Waals surface area contributed by atoms with Crippen molar-refractivity contribution in [1.29, 1.82) is 0 Å². The highest BCUT2D eigenvalue weighted by molar-refractivity contribution is 5.90. The lowest BCUT2D eigenvalue weighted by molar-refractivity contribution is -0.236. The van der Waals surface area contributed by atoms with Gasteiger partial charge in [0.25, 0.3) is 5.72 Å². The first-order valence-corrected chi connectivity index (χ1v) is 5.66. The third-order valence-electron chi connectivity index (χ3n) is 2.93. The normalized spacial score (nSPS) is 20.2. The molecule has 1 aliphatic rings. The lowest BCUT2D eigenvalue weighted by Crippen LogP contribution is -2.55. The van der Waals surface area contributed by atoms with E-state index in [-0.39, 0.29) is 17.0 Å². The summed E-state index contributed by atoms with van der Waals surface area (Å²) in [5, 5.41) is 10.9. The first-order chi connectivity index (χ1) is 9.68. The zero-order chi connectivity index (χ0) is 15.8. The summed E-state index contributed by atoms with van der Waals surface area (Å²) in [6.45, 7) is 0. The fourth-order valence-electron chi connectivity index (χ4n) is 1.87. The SMILES string of the molecule is COC(=O)CC1(C(F)(F)F)Nc2cc(C(=O)O)ccc2O1. The first kappa shape index (κ1) is 14.9. The van der Waals surface area contributed by atoms with Crippen LogP contribution < -0.4 is 10.1 Å². The Morgan fingerprint density at radius 1 is 1.43 bits per heavy atom. The molecule has 0 saturated carbocycles. The molecule has 2 N–H and O–H groups in total. The van der Waals surface area contributed by atoms with Gasteiger partial charge in [-0.25, -0.2) is 4.79 Å². The van der Waals surface area contributed by atoms with Crippen LogP contribution in [0.2, 0.25) is 0 Å². The van der Waals surface area contributed by atoms with Crippen LogP contribution in [0.5, 0.6) is 5.75 Å². The number of ether oxygens (including phenoxy) is 2. The molecule has 9 heteroatoms. The second-order valence-electron chi connectivity index (χ2n) is 4.32. The molecule has 1 aromatic rings. The van der Waals surface area contributed by atoms with E-state index in [2.05, 4.69) is 4.74 Å². The maximum absolute atomic E-state index is 13.2. The van der Waals surface area contributed by atoms with E-state index in [0.717, 1.165) is 25.3 Å². The van der Waals surface area contributed by atoms with Gasteiger partial charge in [0.15, 0.2) is 0 Å². The molecule has 0 amide bonds. The molecule has 1 aliphatic heterocycles. The first-order valence-electron chi connectivity index (χ1n) is 5.66. The summed E-state index contributed by atoms with van der Waals surface area (Å²) >= 11 is 0. The topological polar surface area (TPSA) is 84.9 Å². The molecule has 1 aromatic carbocycles. The van der Waals surface area contributed by atoms with Crippen molar-refractivity contribution in [1.82, 2.24) is 0 Å². The average Bonchev–Trinajstić information content (AvgIpc) is 2.76. The van der Waals surface area contributed by atoms with Gasteiger partial charge in [-0.1, -0.05) is 0 Å². The van der Waals surface area contributed by atoms with E-state index < -0.39 is 30.3 Å². The number of nitrogens with one attached hydrogen (secondary N) is 1. The molecule has 0 fully saturated rings. The number of carbonyl (C=O) groups is 2. The summed E-state index contributed by atoms with van der Waals surface area (Å²) in [6, 6.07) is 3.20. The van der Waals surface area contributed by atoms with E-state index in [1.165, 1.54) is 0 Å². The molecule has 1 unspecified atom stereocenters. The number of carboxylic acid groups (broad SMARTS) is 1. The fraction of sp³-hybridized carbons (Fsp3) is 0.333. The molecule has 0 saturated heterocycles. The molecule has 0 aromatic heterocycles. The molecule has 6 nitrogen and oxygen atoms in total. The van der Waals surface area contributed by atoms with E-state index in [1.807, 2.05) is 5.32 Å². The zero-order valence-electron chi connectivity index (χ0n) is 10.7. The highest BCUT2D eigenvalue weighted by atomic mass is 19.4. The molecular formula is C12H10F3NO5. The summed E-state index contributed by atoms with van der Waals surface area (Å²) in [6.07, 6.45) is -6.02. The minimum absolute atomic E-state index is 0.156. The number of anilines is 1.